The summed E-state index contributed by atoms with van der Waals surface area (Å²) < 4.78 is 5.88. The van der Waals surface area contributed by atoms with Crippen LogP contribution < -0.4 is 11.2 Å². The Hall–Kier alpha value is -2.68. The number of aliphatic hydroxyl groups excluding tert-OH is 1. The molecule has 0 amide bonds. The number of rotatable bonds is 5. The summed E-state index contributed by atoms with van der Waals surface area (Å²) in [6.07, 6.45) is 0.557. The van der Waals surface area contributed by atoms with Crippen molar-refractivity contribution in [3.05, 3.63) is 32.2 Å². The summed E-state index contributed by atoms with van der Waals surface area (Å²) in [6, 6.07) is 0. The van der Waals surface area contributed by atoms with E-state index >= 15 is 0 Å². The molecule has 0 spiro atoms. The van der Waals surface area contributed by atoms with E-state index < -0.39 is 11.2 Å². The van der Waals surface area contributed by atoms with Crippen LogP contribution in [0.2, 0.25) is 0 Å². The number of carbonyl (C=O) groups is 1. The molecule has 134 valence electrons. The maximum absolute atomic E-state index is 12.9. The first-order valence-electron chi connectivity index (χ1n) is 8.07. The van der Waals surface area contributed by atoms with Crippen LogP contribution in [0.5, 0.6) is 0 Å². The molecular weight excluding hydrogens is 326 g/mol. The Balaban J connectivity index is 2.46. The minimum atomic E-state index is -0.565. The van der Waals surface area contributed by atoms with Gasteiger partial charge < -0.3 is 9.67 Å². The van der Waals surface area contributed by atoms with Gasteiger partial charge in [0.05, 0.1) is 6.54 Å². The van der Waals surface area contributed by atoms with E-state index in [1.54, 1.807) is 4.40 Å². The number of Topliss-reactive ketones (excluding diaryl/α,β-unsaturated/α-hetero) is 1. The first kappa shape index (κ1) is 17.2. The van der Waals surface area contributed by atoms with E-state index in [1.165, 1.54) is 18.5 Å². The van der Waals surface area contributed by atoms with E-state index in [0.29, 0.717) is 18.7 Å². The van der Waals surface area contributed by atoms with Crippen LogP contribution in [-0.4, -0.2) is 40.6 Å². The number of hydrogen-bond donors (Lipinski definition) is 1. The van der Waals surface area contributed by atoms with Crippen molar-refractivity contribution in [3.63, 3.8) is 0 Å². The summed E-state index contributed by atoms with van der Waals surface area (Å²) in [5.74, 6) is 0.277. The van der Waals surface area contributed by atoms with Crippen molar-refractivity contribution in [1.82, 2.24) is 23.1 Å². The molecular formula is C16H21N5O4. The van der Waals surface area contributed by atoms with Crippen molar-refractivity contribution in [3.8, 4) is 0 Å². The Morgan fingerprint density at radius 2 is 1.84 bits per heavy atom. The van der Waals surface area contributed by atoms with Gasteiger partial charge in [-0.25, -0.2) is 4.79 Å². The van der Waals surface area contributed by atoms with Crippen LogP contribution in [0.3, 0.4) is 0 Å². The van der Waals surface area contributed by atoms with Gasteiger partial charge in [-0.2, -0.15) is 4.98 Å². The van der Waals surface area contributed by atoms with Gasteiger partial charge in [0.25, 0.3) is 5.56 Å². The number of ketones is 1. The molecule has 9 heteroatoms. The summed E-state index contributed by atoms with van der Waals surface area (Å²) in [5, 5.41) is 9.11. The molecule has 0 saturated heterocycles. The zero-order valence-electron chi connectivity index (χ0n) is 14.7. The molecule has 3 rings (SSSR count). The number of imidazole rings is 2. The first-order chi connectivity index (χ1) is 11.8. The van der Waals surface area contributed by atoms with Crippen LogP contribution in [0.4, 0.5) is 0 Å². The fourth-order valence-electron chi connectivity index (χ4n) is 3.17. The van der Waals surface area contributed by atoms with Crippen molar-refractivity contribution >= 4 is 22.7 Å². The van der Waals surface area contributed by atoms with E-state index in [4.69, 9.17) is 5.11 Å². The Morgan fingerprint density at radius 1 is 1.16 bits per heavy atom. The minimum Gasteiger partial charge on any atom is -0.396 e. The molecule has 25 heavy (non-hydrogen) atoms. The van der Waals surface area contributed by atoms with E-state index in [-0.39, 0.29) is 30.1 Å². The fourth-order valence-corrected chi connectivity index (χ4v) is 3.17. The highest BCUT2D eigenvalue weighted by molar-refractivity contribution is 5.78. The zero-order chi connectivity index (χ0) is 18.5. The maximum atomic E-state index is 12.9. The van der Waals surface area contributed by atoms with Gasteiger partial charge in [-0.3, -0.25) is 23.1 Å². The first-order valence-corrected chi connectivity index (χ1v) is 8.07. The van der Waals surface area contributed by atoms with E-state index in [9.17, 15) is 14.4 Å². The SMILES string of the molecule is CC(=O)Cn1c(=O)c2c(nc3n(CCCO)c(C)c(C)n23)n(C)c1=O. The van der Waals surface area contributed by atoms with E-state index in [1.807, 2.05) is 18.4 Å². The topological polar surface area (TPSA) is 104 Å². The highest BCUT2D eigenvalue weighted by Gasteiger charge is 2.22. The number of fused-ring (bicyclic) bond motifs is 3. The predicted octanol–water partition coefficient (Wildman–Crippen LogP) is -0.262. The maximum Gasteiger partial charge on any atom is 0.332 e. The molecule has 3 aromatic rings. The van der Waals surface area contributed by atoms with Crippen molar-refractivity contribution in [1.29, 1.82) is 0 Å². The van der Waals surface area contributed by atoms with Gasteiger partial charge >= 0.3 is 5.69 Å². The van der Waals surface area contributed by atoms with Crippen LogP contribution in [0.15, 0.2) is 9.59 Å². The lowest BCUT2D eigenvalue weighted by Gasteiger charge is -2.07. The molecule has 0 radical (unpaired) electrons. The second kappa shape index (κ2) is 5.99. The molecule has 0 fully saturated rings. The number of nitrogens with zero attached hydrogens (tertiary/aromatic N) is 5. The average molecular weight is 347 g/mol. The third-order valence-electron chi connectivity index (χ3n) is 4.55. The number of aryl methyl sites for hydroxylation is 3. The lowest BCUT2D eigenvalue weighted by Crippen LogP contribution is -2.40. The van der Waals surface area contributed by atoms with Crippen molar-refractivity contribution in [2.24, 2.45) is 7.05 Å². The standard InChI is InChI=1S/C16H21N5O4/c1-9(23)8-20-14(24)12-13(18(4)16(20)25)17-15-19(6-5-7-22)10(2)11(3)21(12)15/h22H,5-8H2,1-4H3. The van der Waals surface area contributed by atoms with Gasteiger partial charge in [-0.1, -0.05) is 0 Å². The van der Waals surface area contributed by atoms with Gasteiger partial charge in [0.15, 0.2) is 11.2 Å². The Kier molecular flexibility index (Phi) is 4.11. The molecule has 0 aromatic carbocycles. The minimum absolute atomic E-state index is 0.0486. The number of hydrogen-bond acceptors (Lipinski definition) is 5. The highest BCUT2D eigenvalue weighted by atomic mass is 16.3. The van der Waals surface area contributed by atoms with Gasteiger partial charge in [0.1, 0.15) is 5.78 Å². The van der Waals surface area contributed by atoms with Gasteiger partial charge in [-0.05, 0) is 27.2 Å². The fraction of sp³-hybridized carbons (Fsp3) is 0.500. The predicted molar refractivity (Wildman–Crippen MR) is 92.0 cm³/mol. The number of carbonyl (C=O) groups excluding carboxylic acids is 1. The highest BCUT2D eigenvalue weighted by Crippen LogP contribution is 2.20. The molecule has 0 unspecified atom stereocenters. The summed E-state index contributed by atoms with van der Waals surface area (Å²) in [5.41, 5.74) is 1.24. The van der Waals surface area contributed by atoms with Gasteiger partial charge in [0, 0.05) is 31.6 Å². The van der Waals surface area contributed by atoms with Gasteiger partial charge in [0.2, 0.25) is 5.78 Å². The summed E-state index contributed by atoms with van der Waals surface area (Å²) >= 11 is 0. The van der Waals surface area contributed by atoms with Crippen LogP contribution in [0.25, 0.3) is 16.9 Å². The number of aromatic nitrogens is 5. The molecule has 9 nitrogen and oxygen atoms in total. The number of aliphatic hydroxyl groups is 1. The molecule has 1 N–H and O–H groups in total. The van der Waals surface area contributed by atoms with Crippen molar-refractivity contribution in [2.45, 2.75) is 40.3 Å². The van der Waals surface area contributed by atoms with E-state index in [0.717, 1.165) is 16.0 Å². The second-order valence-electron chi connectivity index (χ2n) is 6.25. The lowest BCUT2D eigenvalue weighted by molar-refractivity contribution is -0.117. The summed E-state index contributed by atoms with van der Waals surface area (Å²) in [6.45, 7) is 5.47. The zero-order valence-corrected chi connectivity index (χ0v) is 14.7. The van der Waals surface area contributed by atoms with Crippen LogP contribution >= 0.6 is 0 Å². The molecule has 0 aliphatic heterocycles. The van der Waals surface area contributed by atoms with Crippen LogP contribution in [0, 0.1) is 13.8 Å². The molecule has 0 aliphatic carbocycles. The van der Waals surface area contributed by atoms with Gasteiger partial charge in [-0.15, -0.1) is 0 Å². The smallest absolute Gasteiger partial charge is 0.332 e. The third kappa shape index (κ3) is 2.42. The van der Waals surface area contributed by atoms with Crippen LogP contribution in [0.1, 0.15) is 24.7 Å². The molecule has 0 atom stereocenters. The third-order valence-corrected chi connectivity index (χ3v) is 4.55. The Morgan fingerprint density at radius 3 is 2.44 bits per heavy atom. The lowest BCUT2D eigenvalue weighted by atomic mass is 10.3. The molecule has 0 bridgehead atoms. The quantitative estimate of drug-likeness (QED) is 0.685. The average Bonchev–Trinajstić information content (AvgIpc) is 3.05. The van der Waals surface area contributed by atoms with E-state index in [2.05, 4.69) is 4.98 Å². The van der Waals surface area contributed by atoms with Crippen molar-refractivity contribution in [2.75, 3.05) is 6.61 Å². The van der Waals surface area contributed by atoms with Crippen LogP contribution in [-0.2, 0) is 24.9 Å². The normalized spacial score (nSPS) is 11.7. The summed E-state index contributed by atoms with van der Waals surface area (Å²) in [4.78, 5) is 41.3. The Bertz CT molecular complexity index is 1110. The Labute approximate surface area is 142 Å². The molecule has 3 heterocycles. The van der Waals surface area contributed by atoms with Crippen molar-refractivity contribution < 1.29 is 9.90 Å². The second-order valence-corrected chi connectivity index (χ2v) is 6.25. The largest absolute Gasteiger partial charge is 0.396 e. The monoisotopic (exact) mass is 347 g/mol. The molecule has 0 aliphatic rings. The molecule has 0 saturated carbocycles. The molecule has 3 aromatic heterocycles. The summed E-state index contributed by atoms with van der Waals surface area (Å²) in [7, 11) is 1.54.